The lowest BCUT2D eigenvalue weighted by Crippen LogP contribution is -2.54. The van der Waals surface area contributed by atoms with Gasteiger partial charge >= 0.3 is 5.97 Å². The van der Waals surface area contributed by atoms with E-state index in [0.717, 1.165) is 17.6 Å². The van der Waals surface area contributed by atoms with Crippen LogP contribution in [0.2, 0.25) is 0 Å². The Morgan fingerprint density at radius 1 is 1.33 bits per heavy atom. The van der Waals surface area contributed by atoms with E-state index in [9.17, 15) is 0 Å². The van der Waals surface area contributed by atoms with E-state index in [1.165, 1.54) is 0 Å². The van der Waals surface area contributed by atoms with Crippen LogP contribution in [0.15, 0.2) is 42.5 Å². The van der Waals surface area contributed by atoms with Crippen molar-refractivity contribution in [3.05, 3.63) is 48.0 Å². The molecule has 3 rings (SSSR count). The van der Waals surface area contributed by atoms with Gasteiger partial charge in [0.2, 0.25) is 0 Å². The van der Waals surface area contributed by atoms with Crippen molar-refractivity contribution >= 4 is 0 Å². The summed E-state index contributed by atoms with van der Waals surface area (Å²) in [6.45, 7) is 6.38. The highest BCUT2D eigenvalue weighted by atomic mass is 17.3. The Kier molecular flexibility index (Phi) is 2.95. The molecular formula is C14H16O4. The highest BCUT2D eigenvalue weighted by Crippen LogP contribution is 2.41. The normalized spacial score (nSPS) is 35.2. The van der Waals surface area contributed by atoms with Crippen molar-refractivity contribution in [2.24, 2.45) is 0 Å². The molecule has 2 saturated heterocycles. The molecule has 2 fully saturated rings. The Morgan fingerprint density at radius 2 is 2.11 bits per heavy atom. The van der Waals surface area contributed by atoms with Crippen LogP contribution < -0.4 is 0 Å². The topological polar surface area (TPSA) is 36.9 Å². The van der Waals surface area contributed by atoms with E-state index in [1.807, 2.05) is 37.3 Å². The predicted molar refractivity (Wildman–Crippen MR) is 64.3 cm³/mol. The van der Waals surface area contributed by atoms with Crippen LogP contribution in [-0.4, -0.2) is 18.8 Å². The van der Waals surface area contributed by atoms with Crippen molar-refractivity contribution in [1.82, 2.24) is 0 Å². The van der Waals surface area contributed by atoms with Crippen LogP contribution in [0.4, 0.5) is 0 Å². The van der Waals surface area contributed by atoms with E-state index in [-0.39, 0.29) is 12.2 Å². The molecule has 96 valence electrons. The summed E-state index contributed by atoms with van der Waals surface area (Å²) in [6, 6.07) is 9.55. The molecule has 0 N–H and O–H groups in total. The monoisotopic (exact) mass is 248 g/mol. The summed E-state index contributed by atoms with van der Waals surface area (Å²) in [6.07, 6.45) is 0.464. The van der Waals surface area contributed by atoms with Crippen LogP contribution in [-0.2, 0) is 25.2 Å². The van der Waals surface area contributed by atoms with Crippen LogP contribution in [0.1, 0.15) is 18.9 Å². The van der Waals surface area contributed by atoms with E-state index >= 15 is 0 Å². The van der Waals surface area contributed by atoms with Crippen LogP contribution in [0.5, 0.6) is 0 Å². The summed E-state index contributed by atoms with van der Waals surface area (Å²) in [5.74, 6) is -1.23. The number of benzene rings is 1. The Bertz CT molecular complexity index is 444. The summed E-state index contributed by atoms with van der Waals surface area (Å²) in [4.78, 5) is 10.8. The second kappa shape index (κ2) is 4.48. The maximum Gasteiger partial charge on any atom is 0.340 e. The van der Waals surface area contributed by atoms with Gasteiger partial charge in [0.15, 0.2) is 0 Å². The molecular weight excluding hydrogens is 232 g/mol. The number of fused-ring (bicyclic) bond motifs is 2. The molecule has 0 unspecified atom stereocenters. The fraction of sp³-hybridized carbons (Fsp3) is 0.429. The molecule has 3 atom stereocenters. The van der Waals surface area contributed by atoms with Gasteiger partial charge in [-0.3, -0.25) is 0 Å². The minimum Gasteiger partial charge on any atom is -0.322 e. The second-order valence-electron chi connectivity index (χ2n) is 4.66. The summed E-state index contributed by atoms with van der Waals surface area (Å²) in [7, 11) is 0. The lowest BCUT2D eigenvalue weighted by molar-refractivity contribution is -0.585. The molecule has 4 nitrogen and oxygen atoms in total. The average Bonchev–Trinajstić information content (AvgIpc) is 2.40. The highest BCUT2D eigenvalue weighted by Gasteiger charge is 2.50. The van der Waals surface area contributed by atoms with E-state index in [1.54, 1.807) is 0 Å². The van der Waals surface area contributed by atoms with Crippen molar-refractivity contribution < 1.29 is 19.2 Å². The molecule has 2 aliphatic rings. The first-order valence-corrected chi connectivity index (χ1v) is 6.08. The summed E-state index contributed by atoms with van der Waals surface area (Å²) >= 11 is 0. The van der Waals surface area contributed by atoms with Crippen molar-refractivity contribution in [3.63, 3.8) is 0 Å². The third-order valence-electron chi connectivity index (χ3n) is 3.21. The molecule has 0 aliphatic carbocycles. The quantitative estimate of drug-likeness (QED) is 0.595. The maximum atomic E-state index is 5.94. The smallest absolute Gasteiger partial charge is 0.322 e. The number of ether oxygens (including phenoxy) is 2. The van der Waals surface area contributed by atoms with Crippen molar-refractivity contribution in [2.75, 3.05) is 6.61 Å². The molecule has 2 aliphatic heterocycles. The predicted octanol–water partition coefficient (Wildman–Crippen LogP) is 2.51. The van der Waals surface area contributed by atoms with Crippen molar-refractivity contribution in [2.45, 2.75) is 31.5 Å². The molecule has 0 amide bonds. The number of hydrogen-bond acceptors (Lipinski definition) is 4. The Morgan fingerprint density at radius 3 is 2.83 bits per heavy atom. The Labute approximate surface area is 106 Å². The fourth-order valence-corrected chi connectivity index (χ4v) is 2.28. The maximum absolute atomic E-state index is 5.94. The SMILES string of the molecule is C=C(C)[C@H]1OO[C@@]2(c3ccccc3)OCC[C@H]1O2. The van der Waals surface area contributed by atoms with Crippen LogP contribution in [0, 0.1) is 0 Å². The van der Waals surface area contributed by atoms with Crippen LogP contribution >= 0.6 is 0 Å². The summed E-state index contributed by atoms with van der Waals surface area (Å²) < 4.78 is 11.6. The standard InChI is InChI=1S/C14H16O4/c1-10(2)13-12-8-9-15-14(16-12,18-17-13)11-6-4-3-5-7-11/h3-7,12-13H,1,8-9H2,2H3/t12-,13-,14+/m1/s1. The molecule has 0 radical (unpaired) electrons. The van der Waals surface area contributed by atoms with Gasteiger partial charge < -0.3 is 9.47 Å². The molecule has 2 heterocycles. The average molecular weight is 248 g/mol. The van der Waals surface area contributed by atoms with E-state index in [0.29, 0.717) is 6.61 Å². The molecule has 4 heteroatoms. The first-order valence-electron chi connectivity index (χ1n) is 6.08. The zero-order chi connectivity index (χ0) is 12.6. The van der Waals surface area contributed by atoms with Gasteiger partial charge in [-0.1, -0.05) is 36.9 Å². The molecule has 0 aromatic heterocycles. The first kappa shape index (κ1) is 11.9. The van der Waals surface area contributed by atoms with Gasteiger partial charge in [-0.2, -0.15) is 4.89 Å². The molecule has 2 bridgehead atoms. The third-order valence-corrected chi connectivity index (χ3v) is 3.21. The van der Waals surface area contributed by atoms with Gasteiger partial charge in [-0.15, -0.1) is 0 Å². The Hall–Kier alpha value is -1.20. The van der Waals surface area contributed by atoms with Gasteiger partial charge in [0.25, 0.3) is 0 Å². The molecule has 0 spiro atoms. The van der Waals surface area contributed by atoms with Crippen molar-refractivity contribution in [3.8, 4) is 0 Å². The van der Waals surface area contributed by atoms with E-state index in [4.69, 9.17) is 19.2 Å². The van der Waals surface area contributed by atoms with Gasteiger partial charge in [0.1, 0.15) is 6.10 Å². The zero-order valence-electron chi connectivity index (χ0n) is 10.3. The molecule has 1 aromatic rings. The van der Waals surface area contributed by atoms with E-state index < -0.39 is 5.97 Å². The molecule has 1 aromatic carbocycles. The van der Waals surface area contributed by atoms with Crippen molar-refractivity contribution in [1.29, 1.82) is 0 Å². The lowest BCUT2D eigenvalue weighted by Gasteiger charge is -2.46. The van der Waals surface area contributed by atoms with Gasteiger partial charge in [0.05, 0.1) is 12.7 Å². The van der Waals surface area contributed by atoms with Crippen LogP contribution in [0.25, 0.3) is 0 Å². The third kappa shape index (κ3) is 1.87. The van der Waals surface area contributed by atoms with Crippen LogP contribution in [0.3, 0.4) is 0 Å². The lowest BCUT2D eigenvalue weighted by atomic mass is 10.0. The zero-order valence-corrected chi connectivity index (χ0v) is 10.3. The van der Waals surface area contributed by atoms with Gasteiger partial charge in [-0.05, 0) is 12.5 Å². The molecule has 18 heavy (non-hydrogen) atoms. The fourth-order valence-electron chi connectivity index (χ4n) is 2.28. The molecule has 0 saturated carbocycles. The number of rotatable bonds is 2. The Balaban J connectivity index is 1.89. The summed E-state index contributed by atoms with van der Waals surface area (Å²) in [5.41, 5.74) is 1.69. The largest absolute Gasteiger partial charge is 0.340 e. The minimum atomic E-state index is -1.23. The van der Waals surface area contributed by atoms with Gasteiger partial charge in [-0.25, -0.2) is 4.89 Å². The van der Waals surface area contributed by atoms with E-state index in [2.05, 4.69) is 6.58 Å². The first-order chi connectivity index (χ1) is 8.71. The summed E-state index contributed by atoms with van der Waals surface area (Å²) in [5, 5.41) is 0. The highest BCUT2D eigenvalue weighted by molar-refractivity contribution is 5.19. The minimum absolute atomic E-state index is 0.0785. The second-order valence-corrected chi connectivity index (χ2v) is 4.66. The van der Waals surface area contributed by atoms with Gasteiger partial charge in [0, 0.05) is 12.0 Å². The number of hydrogen-bond donors (Lipinski definition) is 0.